The Morgan fingerprint density at radius 3 is 2.82 bits per heavy atom. The Bertz CT molecular complexity index is 1050. The number of anilines is 1. The molecule has 1 amide bonds. The molecular weight excluding hydrogens is 418 g/mol. The zero-order valence-electron chi connectivity index (χ0n) is 14.1. The first kappa shape index (κ1) is 19.6. The second-order valence-corrected chi connectivity index (χ2v) is 6.21. The number of methoxy groups -OCH3 is 1. The Balaban J connectivity index is 1.84. The number of ether oxygens (including phenoxy) is 1. The molecule has 0 atom stereocenters. The van der Waals surface area contributed by atoms with Gasteiger partial charge >= 0.3 is 11.6 Å². The van der Waals surface area contributed by atoms with E-state index in [0.717, 1.165) is 0 Å². The summed E-state index contributed by atoms with van der Waals surface area (Å²) in [6.07, 6.45) is 1.35. The normalized spacial score (nSPS) is 10.7. The van der Waals surface area contributed by atoms with Gasteiger partial charge in [0.25, 0.3) is 5.91 Å². The summed E-state index contributed by atoms with van der Waals surface area (Å²) >= 11 is 12.0. The smallest absolute Gasteiger partial charge is 0.362 e. The Morgan fingerprint density at radius 1 is 1.43 bits per heavy atom. The number of aromatic nitrogens is 4. The van der Waals surface area contributed by atoms with Gasteiger partial charge < -0.3 is 10.1 Å². The van der Waals surface area contributed by atoms with E-state index in [1.807, 2.05) is 0 Å². The van der Waals surface area contributed by atoms with E-state index in [1.54, 1.807) is 0 Å². The number of nitro groups is 1. The number of amides is 1. The van der Waals surface area contributed by atoms with Crippen molar-refractivity contribution in [2.24, 2.45) is 0 Å². The average molecular weight is 429 g/mol. The largest absolute Gasteiger partial charge is 0.475 e. The molecule has 1 aromatic carbocycles. The molecule has 0 bridgehead atoms. The van der Waals surface area contributed by atoms with Crippen LogP contribution in [-0.2, 0) is 6.54 Å². The molecule has 3 aromatic rings. The third kappa shape index (κ3) is 3.75. The molecule has 13 heteroatoms. The molecule has 0 aliphatic rings. The van der Waals surface area contributed by atoms with E-state index in [-0.39, 0.29) is 33.9 Å². The number of carbonyl (C=O) groups excluding carboxylic acids is 1. The number of carbonyl (C=O) groups is 1. The number of benzene rings is 1. The minimum Gasteiger partial charge on any atom is -0.475 e. The third-order valence-electron chi connectivity index (χ3n) is 3.64. The number of nitrogens with zero attached hydrogens (tertiary/aromatic N) is 4. The van der Waals surface area contributed by atoms with Gasteiger partial charge in [0.1, 0.15) is 10.8 Å². The van der Waals surface area contributed by atoms with Crippen molar-refractivity contribution >= 4 is 40.6 Å². The predicted octanol–water partition coefficient (Wildman–Crippen LogP) is 3.27. The Morgan fingerprint density at radius 2 is 2.18 bits per heavy atom. The molecule has 0 fully saturated rings. The summed E-state index contributed by atoms with van der Waals surface area (Å²) in [5, 5.41) is 23.6. The number of nitrogens with one attached hydrogen (secondary N) is 2. The lowest BCUT2D eigenvalue weighted by Gasteiger charge is -2.05. The first-order valence-electron chi connectivity index (χ1n) is 7.55. The number of halogens is 3. The fraction of sp³-hybridized carbons (Fsp3) is 0.133. The fourth-order valence-corrected chi connectivity index (χ4v) is 2.79. The maximum atomic E-state index is 13.9. The van der Waals surface area contributed by atoms with Crippen LogP contribution >= 0.6 is 23.2 Å². The molecular formula is C15H11Cl2FN6O4. The first-order valence-corrected chi connectivity index (χ1v) is 8.31. The number of H-pyrrole nitrogens is 1. The van der Waals surface area contributed by atoms with Crippen molar-refractivity contribution in [2.75, 3.05) is 12.4 Å². The highest BCUT2D eigenvalue weighted by molar-refractivity contribution is 6.33. The SMILES string of the molecule is COc1n[nH]c(C(=O)Nc2nn(Cc3c(F)cccc3Cl)cc2Cl)c1[N+](=O)[O-]. The van der Waals surface area contributed by atoms with Crippen LogP contribution in [0.1, 0.15) is 16.1 Å². The van der Waals surface area contributed by atoms with Crippen LogP contribution in [0.15, 0.2) is 24.4 Å². The molecule has 0 spiro atoms. The molecule has 2 N–H and O–H groups in total. The number of hydrogen-bond acceptors (Lipinski definition) is 6. The highest BCUT2D eigenvalue weighted by Gasteiger charge is 2.30. The number of hydrogen-bond donors (Lipinski definition) is 2. The molecule has 28 heavy (non-hydrogen) atoms. The Labute approximate surface area is 166 Å². The van der Waals surface area contributed by atoms with Gasteiger partial charge in [-0.25, -0.2) is 4.39 Å². The van der Waals surface area contributed by atoms with Gasteiger partial charge in [-0.05, 0) is 12.1 Å². The van der Waals surface area contributed by atoms with Crippen molar-refractivity contribution in [3.63, 3.8) is 0 Å². The molecule has 0 unspecified atom stereocenters. The summed E-state index contributed by atoms with van der Waals surface area (Å²) in [5.41, 5.74) is -0.881. The summed E-state index contributed by atoms with van der Waals surface area (Å²) in [5.74, 6) is -1.86. The van der Waals surface area contributed by atoms with Crippen LogP contribution in [0.4, 0.5) is 15.9 Å². The highest BCUT2D eigenvalue weighted by Crippen LogP contribution is 2.29. The van der Waals surface area contributed by atoms with Crippen LogP contribution in [0.25, 0.3) is 0 Å². The van der Waals surface area contributed by atoms with E-state index in [0.29, 0.717) is 0 Å². The quantitative estimate of drug-likeness (QED) is 0.457. The van der Waals surface area contributed by atoms with Gasteiger partial charge in [-0.15, -0.1) is 5.10 Å². The molecule has 0 radical (unpaired) electrons. The van der Waals surface area contributed by atoms with Crippen molar-refractivity contribution < 1.29 is 18.8 Å². The monoisotopic (exact) mass is 428 g/mol. The molecule has 0 aliphatic heterocycles. The predicted molar refractivity (Wildman–Crippen MR) is 97.5 cm³/mol. The summed E-state index contributed by atoms with van der Waals surface area (Å²) in [7, 11) is 1.18. The summed E-state index contributed by atoms with van der Waals surface area (Å²) in [6.45, 7) is -0.0425. The van der Waals surface area contributed by atoms with Crippen molar-refractivity contribution in [1.29, 1.82) is 0 Å². The summed E-state index contributed by atoms with van der Waals surface area (Å²) < 4.78 is 19.9. The lowest BCUT2D eigenvalue weighted by Crippen LogP contribution is -2.15. The lowest BCUT2D eigenvalue weighted by atomic mass is 10.2. The van der Waals surface area contributed by atoms with Crippen LogP contribution in [-0.4, -0.2) is 37.9 Å². The van der Waals surface area contributed by atoms with Crippen LogP contribution in [0, 0.1) is 15.9 Å². The van der Waals surface area contributed by atoms with Crippen molar-refractivity contribution in [2.45, 2.75) is 6.54 Å². The van der Waals surface area contributed by atoms with Crippen LogP contribution in [0.3, 0.4) is 0 Å². The second-order valence-electron chi connectivity index (χ2n) is 5.39. The molecule has 146 valence electrons. The van der Waals surface area contributed by atoms with E-state index < -0.39 is 28.0 Å². The minimum absolute atomic E-state index is 0.0370. The minimum atomic E-state index is -0.904. The van der Waals surface area contributed by atoms with Crippen LogP contribution in [0.5, 0.6) is 5.88 Å². The van der Waals surface area contributed by atoms with E-state index in [2.05, 4.69) is 20.6 Å². The Kier molecular flexibility index (Phi) is 5.47. The first-order chi connectivity index (χ1) is 13.3. The molecule has 0 saturated carbocycles. The standard InChI is InChI=1S/C15H11Cl2FN6O4/c1-28-15-12(24(26)27)11(20-21-15)14(25)19-13-9(17)6-23(22-13)5-7-8(16)3-2-4-10(7)18/h2-4,6H,5H2,1H3,(H,20,21)(H,19,22,25). The van der Waals surface area contributed by atoms with Gasteiger partial charge in [0.05, 0.1) is 18.6 Å². The third-order valence-corrected chi connectivity index (χ3v) is 4.27. The average Bonchev–Trinajstić information content (AvgIpc) is 3.22. The van der Waals surface area contributed by atoms with Gasteiger partial charge in [-0.2, -0.15) is 5.10 Å². The highest BCUT2D eigenvalue weighted by atomic mass is 35.5. The van der Waals surface area contributed by atoms with E-state index >= 15 is 0 Å². The molecule has 2 aromatic heterocycles. The molecule has 2 heterocycles. The zero-order valence-corrected chi connectivity index (χ0v) is 15.6. The molecule has 0 saturated heterocycles. The van der Waals surface area contributed by atoms with Crippen LogP contribution < -0.4 is 10.1 Å². The summed E-state index contributed by atoms with van der Waals surface area (Å²) in [4.78, 5) is 22.7. The van der Waals surface area contributed by atoms with Gasteiger partial charge in [0, 0.05) is 16.8 Å². The molecule has 0 aliphatic carbocycles. The second kappa shape index (κ2) is 7.82. The topological polar surface area (TPSA) is 128 Å². The Hall–Kier alpha value is -3.18. The fourth-order valence-electron chi connectivity index (χ4n) is 2.37. The van der Waals surface area contributed by atoms with Crippen LogP contribution in [0.2, 0.25) is 10.0 Å². The maximum Gasteiger partial charge on any atom is 0.362 e. The van der Waals surface area contributed by atoms with E-state index in [4.69, 9.17) is 27.9 Å². The molecule has 3 rings (SSSR count). The van der Waals surface area contributed by atoms with Gasteiger partial charge in [-0.1, -0.05) is 29.3 Å². The number of aromatic amines is 1. The summed E-state index contributed by atoms with van der Waals surface area (Å²) in [6, 6.07) is 4.24. The molecule has 10 nitrogen and oxygen atoms in total. The van der Waals surface area contributed by atoms with Crippen molar-refractivity contribution in [3.8, 4) is 5.88 Å². The van der Waals surface area contributed by atoms with E-state index in [1.165, 1.54) is 36.2 Å². The zero-order chi connectivity index (χ0) is 20.4. The van der Waals surface area contributed by atoms with Crippen molar-refractivity contribution in [3.05, 3.63) is 61.6 Å². The van der Waals surface area contributed by atoms with Gasteiger partial charge in [0.15, 0.2) is 5.82 Å². The lowest BCUT2D eigenvalue weighted by molar-refractivity contribution is -0.386. The van der Waals surface area contributed by atoms with Gasteiger partial charge in [0.2, 0.25) is 5.69 Å². The number of rotatable bonds is 6. The van der Waals surface area contributed by atoms with Gasteiger partial charge in [-0.3, -0.25) is 24.7 Å². The van der Waals surface area contributed by atoms with Crippen molar-refractivity contribution in [1.82, 2.24) is 20.0 Å². The maximum absolute atomic E-state index is 13.9. The van der Waals surface area contributed by atoms with E-state index in [9.17, 15) is 19.3 Å².